The van der Waals surface area contributed by atoms with Crippen molar-refractivity contribution < 1.29 is 0 Å². The molecule has 1 fully saturated rings. The third-order valence-electron chi connectivity index (χ3n) is 3.82. The third-order valence-corrected chi connectivity index (χ3v) is 4.77. The minimum Gasteiger partial charge on any atom is -0.317 e. The van der Waals surface area contributed by atoms with Crippen molar-refractivity contribution in [2.75, 3.05) is 13.1 Å². The summed E-state index contributed by atoms with van der Waals surface area (Å²) in [5.74, 6) is 0.770. The van der Waals surface area contributed by atoms with Crippen LogP contribution in [0.1, 0.15) is 35.4 Å². The Morgan fingerprint density at radius 3 is 2.71 bits per heavy atom. The van der Waals surface area contributed by atoms with Gasteiger partial charge in [0, 0.05) is 4.70 Å². The molecule has 0 atom stereocenters. The van der Waals surface area contributed by atoms with Gasteiger partial charge in [0.15, 0.2) is 0 Å². The van der Waals surface area contributed by atoms with E-state index in [1.165, 1.54) is 47.1 Å². The number of hydrogen-bond donors (Lipinski definition) is 1. The molecule has 3 rings (SSSR count). The molecule has 0 spiro atoms. The first-order valence-electron chi connectivity index (χ1n) is 6.45. The molecule has 2 heterocycles. The van der Waals surface area contributed by atoms with Crippen LogP contribution in [0.5, 0.6) is 0 Å². The summed E-state index contributed by atoms with van der Waals surface area (Å²) in [4.78, 5) is 0. The second-order valence-corrected chi connectivity index (χ2v) is 6.08. The summed E-state index contributed by atoms with van der Waals surface area (Å²) in [6.45, 7) is 6.79. The molecule has 0 bridgehead atoms. The second kappa shape index (κ2) is 4.43. The molecule has 1 nitrogen and oxygen atoms in total. The maximum Gasteiger partial charge on any atom is 0.0350 e. The van der Waals surface area contributed by atoms with E-state index < -0.39 is 0 Å². The fourth-order valence-corrected chi connectivity index (χ4v) is 4.23. The van der Waals surface area contributed by atoms with Crippen molar-refractivity contribution in [3.63, 3.8) is 0 Å². The first-order chi connectivity index (χ1) is 8.25. The minimum absolute atomic E-state index is 0.770. The Balaban J connectivity index is 2.10. The van der Waals surface area contributed by atoms with Crippen molar-refractivity contribution in [2.45, 2.75) is 32.6 Å². The van der Waals surface area contributed by atoms with Crippen LogP contribution in [0, 0.1) is 13.8 Å². The summed E-state index contributed by atoms with van der Waals surface area (Å²) in [7, 11) is 0. The molecule has 1 saturated heterocycles. The van der Waals surface area contributed by atoms with Crippen LogP contribution in [0.3, 0.4) is 0 Å². The summed E-state index contributed by atoms with van der Waals surface area (Å²) in [6, 6.07) is 4.65. The van der Waals surface area contributed by atoms with E-state index in [-0.39, 0.29) is 0 Å². The molecule has 0 saturated carbocycles. The number of rotatable bonds is 1. The number of benzene rings is 1. The number of hydrogen-bond acceptors (Lipinski definition) is 2. The Labute approximate surface area is 107 Å². The van der Waals surface area contributed by atoms with Gasteiger partial charge in [0.1, 0.15) is 0 Å². The lowest BCUT2D eigenvalue weighted by atomic mass is 9.88. The largest absolute Gasteiger partial charge is 0.317 e. The van der Waals surface area contributed by atoms with E-state index in [1.807, 2.05) is 11.3 Å². The highest BCUT2D eigenvalue weighted by atomic mass is 32.1. The van der Waals surface area contributed by atoms with Crippen LogP contribution < -0.4 is 5.32 Å². The average molecular weight is 245 g/mol. The standard InChI is InChI=1S/C15H19NS/c1-10-7-11(2)15-13(9-17-14(15)8-10)12-3-5-16-6-4-12/h7-9,12,16H,3-6H2,1-2H3. The summed E-state index contributed by atoms with van der Waals surface area (Å²) in [5.41, 5.74) is 4.44. The van der Waals surface area contributed by atoms with E-state index in [0.717, 1.165) is 5.92 Å². The number of fused-ring (bicyclic) bond motifs is 1. The molecular weight excluding hydrogens is 226 g/mol. The van der Waals surface area contributed by atoms with Crippen molar-refractivity contribution in [1.82, 2.24) is 5.32 Å². The molecule has 0 aliphatic carbocycles. The molecule has 1 aliphatic heterocycles. The summed E-state index contributed by atoms with van der Waals surface area (Å²) >= 11 is 1.92. The molecule has 17 heavy (non-hydrogen) atoms. The fourth-order valence-electron chi connectivity index (χ4n) is 3.01. The number of piperidine rings is 1. The van der Waals surface area contributed by atoms with E-state index in [4.69, 9.17) is 0 Å². The van der Waals surface area contributed by atoms with Crippen LogP contribution in [0.4, 0.5) is 0 Å². The summed E-state index contributed by atoms with van der Waals surface area (Å²) in [5, 5.41) is 7.38. The fraction of sp³-hybridized carbons (Fsp3) is 0.467. The Morgan fingerprint density at radius 1 is 1.18 bits per heavy atom. The van der Waals surface area contributed by atoms with Gasteiger partial charge >= 0.3 is 0 Å². The van der Waals surface area contributed by atoms with Gasteiger partial charge in [-0.25, -0.2) is 0 Å². The van der Waals surface area contributed by atoms with E-state index in [2.05, 4.69) is 36.7 Å². The summed E-state index contributed by atoms with van der Waals surface area (Å²) in [6.07, 6.45) is 2.58. The lowest BCUT2D eigenvalue weighted by Crippen LogP contribution is -2.26. The Bertz CT molecular complexity index is 535. The van der Waals surface area contributed by atoms with E-state index >= 15 is 0 Å². The molecule has 1 aromatic heterocycles. The molecule has 2 heteroatoms. The summed E-state index contributed by atoms with van der Waals surface area (Å²) < 4.78 is 1.47. The lowest BCUT2D eigenvalue weighted by molar-refractivity contribution is 0.463. The van der Waals surface area contributed by atoms with E-state index in [9.17, 15) is 0 Å². The highest BCUT2D eigenvalue weighted by molar-refractivity contribution is 7.17. The molecule has 90 valence electrons. The molecule has 1 aliphatic rings. The number of thiophene rings is 1. The zero-order valence-electron chi connectivity index (χ0n) is 10.5. The van der Waals surface area contributed by atoms with Gasteiger partial charge in [-0.05, 0) is 79.2 Å². The number of nitrogens with one attached hydrogen (secondary N) is 1. The quantitative estimate of drug-likeness (QED) is 0.801. The van der Waals surface area contributed by atoms with Crippen LogP contribution in [-0.2, 0) is 0 Å². The van der Waals surface area contributed by atoms with Crippen molar-refractivity contribution in [3.05, 3.63) is 34.2 Å². The molecule has 0 unspecified atom stereocenters. The van der Waals surface area contributed by atoms with E-state index in [0.29, 0.717) is 0 Å². The van der Waals surface area contributed by atoms with Crippen molar-refractivity contribution in [1.29, 1.82) is 0 Å². The molecule has 0 amide bonds. The highest BCUT2D eigenvalue weighted by Crippen LogP contribution is 2.37. The second-order valence-electron chi connectivity index (χ2n) is 5.17. The van der Waals surface area contributed by atoms with Crippen LogP contribution in [0.25, 0.3) is 10.1 Å². The van der Waals surface area contributed by atoms with Crippen molar-refractivity contribution in [2.24, 2.45) is 0 Å². The zero-order chi connectivity index (χ0) is 11.8. The first kappa shape index (κ1) is 11.2. The van der Waals surface area contributed by atoms with Gasteiger partial charge in [-0.15, -0.1) is 11.3 Å². The smallest absolute Gasteiger partial charge is 0.0350 e. The molecule has 1 N–H and O–H groups in total. The SMILES string of the molecule is Cc1cc(C)c2c(C3CCNCC3)csc2c1. The van der Waals surface area contributed by atoms with Crippen molar-refractivity contribution >= 4 is 21.4 Å². The van der Waals surface area contributed by atoms with Gasteiger partial charge in [0.05, 0.1) is 0 Å². The topological polar surface area (TPSA) is 12.0 Å². The van der Waals surface area contributed by atoms with Gasteiger partial charge in [-0.3, -0.25) is 0 Å². The maximum atomic E-state index is 3.45. The predicted octanol–water partition coefficient (Wildman–Crippen LogP) is 3.99. The normalized spacial score (nSPS) is 17.8. The van der Waals surface area contributed by atoms with Gasteiger partial charge in [-0.1, -0.05) is 6.07 Å². The van der Waals surface area contributed by atoms with Gasteiger partial charge < -0.3 is 5.32 Å². The van der Waals surface area contributed by atoms with Crippen LogP contribution >= 0.6 is 11.3 Å². The third kappa shape index (κ3) is 2.00. The Morgan fingerprint density at radius 2 is 1.94 bits per heavy atom. The zero-order valence-corrected chi connectivity index (χ0v) is 11.4. The van der Waals surface area contributed by atoms with Gasteiger partial charge in [-0.2, -0.15) is 0 Å². The average Bonchev–Trinajstić information content (AvgIpc) is 2.74. The minimum atomic E-state index is 0.770. The Hall–Kier alpha value is -0.860. The monoisotopic (exact) mass is 245 g/mol. The predicted molar refractivity (Wildman–Crippen MR) is 76.1 cm³/mol. The first-order valence-corrected chi connectivity index (χ1v) is 7.33. The van der Waals surface area contributed by atoms with Gasteiger partial charge in [0.2, 0.25) is 0 Å². The maximum absolute atomic E-state index is 3.45. The molecule has 0 radical (unpaired) electrons. The lowest BCUT2D eigenvalue weighted by Gasteiger charge is -2.22. The molecule has 2 aromatic rings. The van der Waals surface area contributed by atoms with E-state index in [1.54, 1.807) is 5.56 Å². The number of aryl methyl sites for hydroxylation is 2. The molecular formula is C15H19NS. The van der Waals surface area contributed by atoms with Crippen LogP contribution in [-0.4, -0.2) is 13.1 Å². The highest BCUT2D eigenvalue weighted by Gasteiger charge is 2.19. The molecule has 1 aromatic carbocycles. The van der Waals surface area contributed by atoms with Crippen molar-refractivity contribution in [3.8, 4) is 0 Å². The van der Waals surface area contributed by atoms with Gasteiger partial charge in [0.25, 0.3) is 0 Å². The Kier molecular flexibility index (Phi) is 2.93. The van der Waals surface area contributed by atoms with Crippen LogP contribution in [0.2, 0.25) is 0 Å². The van der Waals surface area contributed by atoms with Crippen LogP contribution in [0.15, 0.2) is 17.5 Å².